The van der Waals surface area contributed by atoms with Crippen LogP contribution in [-0.4, -0.2) is 48.1 Å². The van der Waals surface area contributed by atoms with Crippen molar-refractivity contribution >= 4 is 40.7 Å². The summed E-state index contributed by atoms with van der Waals surface area (Å²) in [6.07, 6.45) is 1.75. The first-order valence-electron chi connectivity index (χ1n) is 7.10. The second-order valence-corrected chi connectivity index (χ2v) is 6.12. The number of likely N-dealkylation sites (N-methyl/N-ethyl adjacent to an activating group) is 1. The summed E-state index contributed by atoms with van der Waals surface area (Å²) in [5.74, 6) is 1.43. The summed E-state index contributed by atoms with van der Waals surface area (Å²) in [5.41, 5.74) is 0.699. The average Bonchev–Trinajstić information content (AvgIpc) is 2.52. The molecule has 3 rings (SSSR count). The van der Waals surface area contributed by atoms with Crippen LogP contribution in [0.3, 0.4) is 0 Å². The minimum atomic E-state index is 0.514. The molecular weight excluding hydrogens is 321 g/mol. The molecule has 1 saturated heterocycles. The van der Waals surface area contributed by atoms with E-state index in [2.05, 4.69) is 32.1 Å². The minimum absolute atomic E-state index is 0.514. The van der Waals surface area contributed by atoms with Gasteiger partial charge in [0.15, 0.2) is 0 Å². The monoisotopic (exact) mass is 337 g/mol. The summed E-state index contributed by atoms with van der Waals surface area (Å²) >= 11 is 12.2. The topological polar surface area (TPSA) is 44.3 Å². The van der Waals surface area contributed by atoms with Gasteiger partial charge < -0.3 is 15.1 Å². The molecule has 1 aromatic heterocycles. The van der Waals surface area contributed by atoms with Gasteiger partial charge in [0.25, 0.3) is 0 Å². The van der Waals surface area contributed by atoms with Crippen molar-refractivity contribution in [1.82, 2.24) is 14.9 Å². The van der Waals surface area contributed by atoms with E-state index in [1.54, 1.807) is 24.4 Å². The Kier molecular flexibility index (Phi) is 4.66. The Labute approximate surface area is 139 Å². The second kappa shape index (κ2) is 6.69. The first kappa shape index (κ1) is 15.3. The number of nitrogens with one attached hydrogen (secondary N) is 1. The molecule has 1 fully saturated rings. The van der Waals surface area contributed by atoms with Crippen molar-refractivity contribution in [2.24, 2.45) is 0 Å². The van der Waals surface area contributed by atoms with Crippen molar-refractivity contribution in [1.29, 1.82) is 0 Å². The van der Waals surface area contributed by atoms with Crippen LogP contribution in [0.2, 0.25) is 10.0 Å². The third-order valence-corrected chi connectivity index (χ3v) is 4.21. The van der Waals surface area contributed by atoms with Gasteiger partial charge >= 0.3 is 0 Å². The molecule has 0 spiro atoms. The summed E-state index contributed by atoms with van der Waals surface area (Å²) in [6.45, 7) is 4.00. The zero-order valence-corrected chi connectivity index (χ0v) is 13.8. The second-order valence-electron chi connectivity index (χ2n) is 5.28. The zero-order valence-electron chi connectivity index (χ0n) is 12.3. The Bertz CT molecular complexity index is 656. The highest BCUT2D eigenvalue weighted by Crippen LogP contribution is 2.27. The summed E-state index contributed by atoms with van der Waals surface area (Å²) in [4.78, 5) is 13.4. The normalized spacial score (nSPS) is 15.9. The van der Waals surface area contributed by atoms with E-state index in [4.69, 9.17) is 23.2 Å². The quantitative estimate of drug-likeness (QED) is 0.931. The van der Waals surface area contributed by atoms with Crippen molar-refractivity contribution < 1.29 is 0 Å². The SMILES string of the molecule is CN1CCN(c2ccnc(Nc3cc(Cl)ccc3Cl)n2)CC1. The van der Waals surface area contributed by atoms with Crippen LogP contribution in [0.1, 0.15) is 0 Å². The molecule has 0 radical (unpaired) electrons. The van der Waals surface area contributed by atoms with Gasteiger partial charge in [-0.15, -0.1) is 0 Å². The third kappa shape index (κ3) is 3.61. The molecule has 5 nitrogen and oxygen atoms in total. The van der Waals surface area contributed by atoms with Crippen LogP contribution in [0.4, 0.5) is 17.5 Å². The Morgan fingerprint density at radius 2 is 1.86 bits per heavy atom. The van der Waals surface area contributed by atoms with E-state index in [1.807, 2.05) is 6.07 Å². The van der Waals surface area contributed by atoms with Gasteiger partial charge in [0.2, 0.25) is 5.95 Å². The Morgan fingerprint density at radius 3 is 2.64 bits per heavy atom. The predicted molar refractivity (Wildman–Crippen MR) is 91.5 cm³/mol. The minimum Gasteiger partial charge on any atom is -0.354 e. The van der Waals surface area contributed by atoms with Crippen LogP contribution in [-0.2, 0) is 0 Å². The third-order valence-electron chi connectivity index (χ3n) is 3.64. The largest absolute Gasteiger partial charge is 0.354 e. The van der Waals surface area contributed by atoms with Crippen LogP contribution < -0.4 is 10.2 Å². The molecule has 116 valence electrons. The van der Waals surface area contributed by atoms with Crippen molar-refractivity contribution in [3.05, 3.63) is 40.5 Å². The lowest BCUT2D eigenvalue weighted by Crippen LogP contribution is -2.44. The number of halogens is 2. The standard InChI is InChI=1S/C15H17Cl2N5/c1-21-6-8-22(9-7-21)14-4-5-18-15(20-14)19-13-10-11(16)2-3-12(13)17/h2-5,10H,6-9H2,1H3,(H,18,19,20). The van der Waals surface area contributed by atoms with Crippen molar-refractivity contribution in [3.63, 3.8) is 0 Å². The van der Waals surface area contributed by atoms with E-state index >= 15 is 0 Å². The van der Waals surface area contributed by atoms with Crippen LogP contribution >= 0.6 is 23.2 Å². The van der Waals surface area contributed by atoms with Crippen LogP contribution in [0.15, 0.2) is 30.5 Å². The average molecular weight is 338 g/mol. The molecule has 2 heterocycles. The molecule has 1 aliphatic heterocycles. The smallest absolute Gasteiger partial charge is 0.229 e. The maximum absolute atomic E-state index is 6.16. The Morgan fingerprint density at radius 1 is 1.09 bits per heavy atom. The maximum atomic E-state index is 6.16. The van der Waals surface area contributed by atoms with E-state index in [0.717, 1.165) is 32.0 Å². The fourth-order valence-corrected chi connectivity index (χ4v) is 2.67. The van der Waals surface area contributed by atoms with Gasteiger partial charge in [0.1, 0.15) is 5.82 Å². The molecule has 22 heavy (non-hydrogen) atoms. The molecule has 0 bridgehead atoms. The highest BCUT2D eigenvalue weighted by atomic mass is 35.5. The van der Waals surface area contributed by atoms with Crippen LogP contribution in [0.25, 0.3) is 0 Å². The number of rotatable bonds is 3. The molecule has 0 atom stereocenters. The fourth-order valence-electron chi connectivity index (χ4n) is 2.33. The van der Waals surface area contributed by atoms with Gasteiger partial charge in [0, 0.05) is 37.4 Å². The zero-order chi connectivity index (χ0) is 15.5. The lowest BCUT2D eigenvalue weighted by atomic mass is 10.3. The Balaban J connectivity index is 1.78. The van der Waals surface area contributed by atoms with Gasteiger partial charge in [-0.2, -0.15) is 4.98 Å². The van der Waals surface area contributed by atoms with E-state index in [1.165, 1.54) is 0 Å². The van der Waals surface area contributed by atoms with Crippen molar-refractivity contribution in [3.8, 4) is 0 Å². The van der Waals surface area contributed by atoms with E-state index in [-0.39, 0.29) is 0 Å². The number of benzene rings is 1. The van der Waals surface area contributed by atoms with E-state index in [0.29, 0.717) is 21.7 Å². The molecule has 1 aromatic carbocycles. The fraction of sp³-hybridized carbons (Fsp3) is 0.333. The number of aromatic nitrogens is 2. The number of nitrogens with zero attached hydrogens (tertiary/aromatic N) is 4. The lowest BCUT2D eigenvalue weighted by molar-refractivity contribution is 0.312. The maximum Gasteiger partial charge on any atom is 0.229 e. The molecule has 1 aliphatic rings. The summed E-state index contributed by atoms with van der Waals surface area (Å²) < 4.78 is 0. The lowest BCUT2D eigenvalue weighted by Gasteiger charge is -2.33. The highest BCUT2D eigenvalue weighted by molar-refractivity contribution is 6.35. The molecular formula is C15H17Cl2N5. The molecule has 2 aromatic rings. The molecule has 7 heteroatoms. The molecule has 0 saturated carbocycles. The van der Waals surface area contributed by atoms with Gasteiger partial charge in [-0.05, 0) is 31.3 Å². The highest BCUT2D eigenvalue weighted by Gasteiger charge is 2.16. The van der Waals surface area contributed by atoms with Gasteiger partial charge in [0.05, 0.1) is 10.7 Å². The van der Waals surface area contributed by atoms with Crippen LogP contribution in [0, 0.1) is 0 Å². The van der Waals surface area contributed by atoms with E-state index < -0.39 is 0 Å². The van der Waals surface area contributed by atoms with Crippen LogP contribution in [0.5, 0.6) is 0 Å². The summed E-state index contributed by atoms with van der Waals surface area (Å²) in [5, 5.41) is 4.32. The molecule has 1 N–H and O–H groups in total. The van der Waals surface area contributed by atoms with Crippen molar-refractivity contribution in [2.75, 3.05) is 43.4 Å². The molecule has 0 unspecified atom stereocenters. The van der Waals surface area contributed by atoms with Gasteiger partial charge in [-0.3, -0.25) is 0 Å². The number of hydrogen-bond acceptors (Lipinski definition) is 5. The van der Waals surface area contributed by atoms with Crippen molar-refractivity contribution in [2.45, 2.75) is 0 Å². The first-order chi connectivity index (χ1) is 10.6. The summed E-state index contributed by atoms with van der Waals surface area (Å²) in [7, 11) is 2.13. The molecule has 0 amide bonds. The predicted octanol–water partition coefficient (Wildman–Crippen LogP) is 3.28. The van der Waals surface area contributed by atoms with E-state index in [9.17, 15) is 0 Å². The number of piperazine rings is 1. The number of anilines is 3. The Hall–Kier alpha value is -1.56. The first-order valence-corrected chi connectivity index (χ1v) is 7.86. The molecule has 0 aliphatic carbocycles. The van der Waals surface area contributed by atoms with Gasteiger partial charge in [-0.1, -0.05) is 23.2 Å². The summed E-state index contributed by atoms with van der Waals surface area (Å²) in [6, 6.07) is 7.18. The van der Waals surface area contributed by atoms with Gasteiger partial charge in [-0.25, -0.2) is 4.98 Å². The number of hydrogen-bond donors (Lipinski definition) is 1.